The standard InChI is InChI=1S/C16H19NO5/c18-14(19)10-16(5-1-6-16)17-15(20)11-3-4-12-13(9-11)22-8-2-7-21-12/h3-4,9H,1-2,5-8,10H2,(H,17,20)(H,18,19). The Morgan fingerprint density at radius 1 is 1.14 bits per heavy atom. The van der Waals surface area contributed by atoms with Gasteiger partial charge in [0.15, 0.2) is 11.5 Å². The Kier molecular flexibility index (Phi) is 3.92. The molecule has 0 radical (unpaired) electrons. The predicted octanol–water partition coefficient (Wildman–Crippen LogP) is 1.98. The van der Waals surface area contributed by atoms with Gasteiger partial charge in [-0.05, 0) is 37.5 Å². The van der Waals surface area contributed by atoms with Crippen molar-refractivity contribution in [2.45, 2.75) is 37.6 Å². The lowest BCUT2D eigenvalue weighted by molar-refractivity contribution is -0.139. The van der Waals surface area contributed by atoms with Gasteiger partial charge >= 0.3 is 5.97 Å². The Morgan fingerprint density at radius 2 is 1.86 bits per heavy atom. The summed E-state index contributed by atoms with van der Waals surface area (Å²) in [5, 5.41) is 11.9. The average Bonchev–Trinajstić information content (AvgIpc) is 2.68. The highest BCUT2D eigenvalue weighted by Gasteiger charge is 2.40. The van der Waals surface area contributed by atoms with Crippen molar-refractivity contribution in [3.05, 3.63) is 23.8 Å². The molecular weight excluding hydrogens is 286 g/mol. The van der Waals surface area contributed by atoms with Crippen LogP contribution in [0.5, 0.6) is 11.5 Å². The minimum Gasteiger partial charge on any atom is -0.490 e. The van der Waals surface area contributed by atoms with E-state index in [4.69, 9.17) is 14.6 Å². The van der Waals surface area contributed by atoms with Crippen molar-refractivity contribution in [3.63, 3.8) is 0 Å². The minimum atomic E-state index is -0.890. The van der Waals surface area contributed by atoms with E-state index >= 15 is 0 Å². The molecule has 0 unspecified atom stereocenters. The largest absolute Gasteiger partial charge is 0.490 e. The lowest BCUT2D eigenvalue weighted by atomic mass is 9.74. The number of carbonyl (C=O) groups excluding carboxylic acids is 1. The van der Waals surface area contributed by atoms with Crippen LogP contribution in [0.1, 0.15) is 42.5 Å². The molecule has 0 saturated heterocycles. The molecule has 0 bridgehead atoms. The molecule has 22 heavy (non-hydrogen) atoms. The second-order valence-electron chi connectivity index (χ2n) is 5.87. The summed E-state index contributed by atoms with van der Waals surface area (Å²) >= 11 is 0. The van der Waals surface area contributed by atoms with Crippen molar-refractivity contribution in [1.82, 2.24) is 5.32 Å². The fraction of sp³-hybridized carbons (Fsp3) is 0.500. The van der Waals surface area contributed by atoms with Gasteiger partial charge in [-0.1, -0.05) is 0 Å². The van der Waals surface area contributed by atoms with Gasteiger partial charge in [-0.3, -0.25) is 9.59 Å². The summed E-state index contributed by atoms with van der Waals surface area (Å²) in [5.74, 6) is 0.0410. The van der Waals surface area contributed by atoms with Crippen LogP contribution in [-0.4, -0.2) is 35.7 Å². The number of aliphatic carboxylic acids is 1. The van der Waals surface area contributed by atoms with Gasteiger partial charge < -0.3 is 19.9 Å². The van der Waals surface area contributed by atoms with Crippen LogP contribution < -0.4 is 14.8 Å². The fourth-order valence-corrected chi connectivity index (χ4v) is 2.86. The van der Waals surface area contributed by atoms with E-state index in [0.717, 1.165) is 12.8 Å². The van der Waals surface area contributed by atoms with Crippen molar-refractivity contribution < 1.29 is 24.2 Å². The van der Waals surface area contributed by atoms with Crippen molar-refractivity contribution in [3.8, 4) is 11.5 Å². The van der Waals surface area contributed by atoms with E-state index in [1.807, 2.05) is 0 Å². The van der Waals surface area contributed by atoms with E-state index in [0.29, 0.717) is 43.1 Å². The van der Waals surface area contributed by atoms with Crippen LogP contribution in [-0.2, 0) is 4.79 Å². The molecule has 6 nitrogen and oxygen atoms in total. The van der Waals surface area contributed by atoms with Crippen molar-refractivity contribution in [2.75, 3.05) is 13.2 Å². The maximum absolute atomic E-state index is 12.4. The van der Waals surface area contributed by atoms with Crippen LogP contribution in [0.2, 0.25) is 0 Å². The zero-order chi connectivity index (χ0) is 15.6. The molecule has 0 aromatic heterocycles. The molecule has 1 aromatic carbocycles. The lowest BCUT2D eigenvalue weighted by Crippen LogP contribution is -2.54. The Morgan fingerprint density at radius 3 is 2.50 bits per heavy atom. The van der Waals surface area contributed by atoms with Gasteiger partial charge in [-0.25, -0.2) is 0 Å². The number of carbonyl (C=O) groups is 2. The van der Waals surface area contributed by atoms with Crippen LogP contribution in [0.4, 0.5) is 0 Å². The number of hydrogen-bond acceptors (Lipinski definition) is 4. The summed E-state index contributed by atoms with van der Waals surface area (Å²) in [6, 6.07) is 5.05. The molecule has 1 heterocycles. The second kappa shape index (κ2) is 5.87. The highest BCUT2D eigenvalue weighted by atomic mass is 16.5. The van der Waals surface area contributed by atoms with Crippen LogP contribution in [0.15, 0.2) is 18.2 Å². The molecule has 6 heteroatoms. The molecule has 1 saturated carbocycles. The number of carboxylic acid groups (broad SMARTS) is 1. The monoisotopic (exact) mass is 305 g/mol. The maximum Gasteiger partial charge on any atom is 0.305 e. The van der Waals surface area contributed by atoms with Crippen molar-refractivity contribution in [2.24, 2.45) is 0 Å². The number of fused-ring (bicyclic) bond motifs is 1. The Bertz CT molecular complexity index is 594. The number of benzene rings is 1. The quantitative estimate of drug-likeness (QED) is 0.888. The molecule has 0 spiro atoms. The topological polar surface area (TPSA) is 84.9 Å². The molecule has 2 aliphatic rings. The molecule has 1 amide bonds. The van der Waals surface area contributed by atoms with E-state index in [9.17, 15) is 9.59 Å². The molecular formula is C16H19NO5. The Labute approximate surface area is 128 Å². The fourth-order valence-electron chi connectivity index (χ4n) is 2.86. The van der Waals surface area contributed by atoms with Crippen LogP contribution in [0.25, 0.3) is 0 Å². The molecule has 118 valence electrons. The third-order valence-corrected chi connectivity index (χ3v) is 4.19. The number of ether oxygens (including phenoxy) is 2. The third-order valence-electron chi connectivity index (χ3n) is 4.19. The van der Waals surface area contributed by atoms with Gasteiger partial charge in [0.25, 0.3) is 5.91 Å². The van der Waals surface area contributed by atoms with Crippen molar-refractivity contribution >= 4 is 11.9 Å². The lowest BCUT2D eigenvalue weighted by Gasteiger charge is -2.41. The number of hydrogen-bond donors (Lipinski definition) is 2. The molecule has 2 N–H and O–H groups in total. The van der Waals surface area contributed by atoms with Gasteiger partial charge in [-0.15, -0.1) is 0 Å². The molecule has 0 atom stereocenters. The van der Waals surface area contributed by atoms with Gasteiger partial charge in [0.05, 0.1) is 25.2 Å². The summed E-state index contributed by atoms with van der Waals surface area (Å²) in [4.78, 5) is 23.4. The number of amides is 1. The Balaban J connectivity index is 1.75. The smallest absolute Gasteiger partial charge is 0.305 e. The Hall–Kier alpha value is -2.24. The summed E-state index contributed by atoms with van der Waals surface area (Å²) in [5.41, 5.74) is -0.145. The highest BCUT2D eigenvalue weighted by Crippen LogP contribution is 2.36. The summed E-state index contributed by atoms with van der Waals surface area (Å²) < 4.78 is 11.1. The number of carboxylic acids is 1. The van der Waals surface area contributed by atoms with Gasteiger partial charge in [0.2, 0.25) is 0 Å². The minimum absolute atomic E-state index is 0.0384. The summed E-state index contributed by atoms with van der Waals surface area (Å²) in [6.07, 6.45) is 3.11. The number of rotatable bonds is 4. The predicted molar refractivity (Wildman–Crippen MR) is 78.4 cm³/mol. The normalized spacial score (nSPS) is 18.7. The zero-order valence-corrected chi connectivity index (χ0v) is 12.3. The van der Waals surface area contributed by atoms with Crippen LogP contribution in [0, 0.1) is 0 Å². The first kappa shape index (κ1) is 14.7. The third kappa shape index (κ3) is 3.00. The first-order valence-corrected chi connectivity index (χ1v) is 7.52. The molecule has 1 aliphatic heterocycles. The van der Waals surface area contributed by atoms with Gasteiger partial charge in [-0.2, -0.15) is 0 Å². The van der Waals surface area contributed by atoms with E-state index in [1.54, 1.807) is 18.2 Å². The summed E-state index contributed by atoms with van der Waals surface area (Å²) in [7, 11) is 0. The van der Waals surface area contributed by atoms with E-state index in [-0.39, 0.29) is 12.3 Å². The highest BCUT2D eigenvalue weighted by molar-refractivity contribution is 5.95. The van der Waals surface area contributed by atoms with Crippen LogP contribution in [0.3, 0.4) is 0 Å². The van der Waals surface area contributed by atoms with Gasteiger partial charge in [0.1, 0.15) is 0 Å². The molecule has 1 aliphatic carbocycles. The summed E-state index contributed by atoms with van der Waals surface area (Å²) in [6.45, 7) is 1.15. The van der Waals surface area contributed by atoms with E-state index in [2.05, 4.69) is 5.32 Å². The molecule has 1 aromatic rings. The van der Waals surface area contributed by atoms with E-state index in [1.165, 1.54) is 0 Å². The van der Waals surface area contributed by atoms with Gasteiger partial charge in [0, 0.05) is 12.0 Å². The first-order valence-electron chi connectivity index (χ1n) is 7.52. The SMILES string of the molecule is O=C(O)CC1(NC(=O)c2ccc3c(c2)OCCCO3)CCC1. The zero-order valence-electron chi connectivity index (χ0n) is 12.3. The van der Waals surface area contributed by atoms with E-state index < -0.39 is 11.5 Å². The number of nitrogens with one attached hydrogen (secondary N) is 1. The molecule has 1 fully saturated rings. The average molecular weight is 305 g/mol. The van der Waals surface area contributed by atoms with Crippen molar-refractivity contribution in [1.29, 1.82) is 0 Å². The van der Waals surface area contributed by atoms with Crippen LogP contribution >= 0.6 is 0 Å². The molecule has 3 rings (SSSR count). The first-order chi connectivity index (χ1) is 10.6. The maximum atomic E-state index is 12.4. The second-order valence-corrected chi connectivity index (χ2v) is 5.87.